The summed E-state index contributed by atoms with van der Waals surface area (Å²) in [6.07, 6.45) is 0. The molecular formula is C10H7NO4. The molecule has 0 amide bonds. The number of H-pyrrole nitrogens is 1. The maximum Gasteiger partial charge on any atom is 0.352 e. The van der Waals surface area contributed by atoms with E-state index in [2.05, 4.69) is 4.98 Å². The van der Waals surface area contributed by atoms with Crippen molar-refractivity contribution in [1.82, 2.24) is 4.98 Å². The summed E-state index contributed by atoms with van der Waals surface area (Å²) in [4.78, 5) is 13.5. The van der Waals surface area contributed by atoms with Gasteiger partial charge in [-0.3, -0.25) is 0 Å². The lowest BCUT2D eigenvalue weighted by Gasteiger charge is -1.94. The number of rotatable bonds is 1. The van der Waals surface area contributed by atoms with E-state index >= 15 is 0 Å². The number of benzene rings is 1. The maximum absolute atomic E-state index is 10.7. The molecule has 0 bridgehead atoms. The zero-order valence-electron chi connectivity index (χ0n) is 7.61. The molecule has 2 N–H and O–H groups in total. The molecule has 2 aromatic rings. The van der Waals surface area contributed by atoms with Gasteiger partial charge in [-0.05, 0) is 12.1 Å². The van der Waals surface area contributed by atoms with E-state index in [-0.39, 0.29) is 12.5 Å². The minimum Gasteiger partial charge on any atom is -0.477 e. The molecule has 3 rings (SSSR count). The van der Waals surface area contributed by atoms with Gasteiger partial charge >= 0.3 is 5.97 Å². The van der Waals surface area contributed by atoms with Gasteiger partial charge in [-0.1, -0.05) is 0 Å². The quantitative estimate of drug-likeness (QED) is 0.741. The molecule has 1 aromatic heterocycles. The van der Waals surface area contributed by atoms with E-state index < -0.39 is 5.97 Å². The van der Waals surface area contributed by atoms with Crippen LogP contribution >= 0.6 is 0 Å². The van der Waals surface area contributed by atoms with Crippen LogP contribution in [0.25, 0.3) is 10.9 Å². The molecule has 0 atom stereocenters. The third-order valence-electron chi connectivity index (χ3n) is 2.34. The number of nitrogens with one attached hydrogen (secondary N) is 1. The number of aromatic nitrogens is 1. The summed E-state index contributed by atoms with van der Waals surface area (Å²) in [7, 11) is 0. The molecule has 2 heterocycles. The van der Waals surface area contributed by atoms with Crippen molar-refractivity contribution >= 4 is 16.9 Å². The monoisotopic (exact) mass is 205 g/mol. The Morgan fingerprint density at radius 3 is 2.73 bits per heavy atom. The number of fused-ring (bicyclic) bond motifs is 2. The molecule has 0 saturated heterocycles. The first-order valence-electron chi connectivity index (χ1n) is 4.40. The van der Waals surface area contributed by atoms with Crippen LogP contribution in [0, 0.1) is 0 Å². The van der Waals surface area contributed by atoms with E-state index in [4.69, 9.17) is 14.6 Å². The Balaban J connectivity index is 2.24. The normalized spacial score (nSPS) is 13.3. The average Bonchev–Trinajstić information content (AvgIpc) is 2.77. The van der Waals surface area contributed by atoms with E-state index in [0.717, 1.165) is 10.9 Å². The first kappa shape index (κ1) is 8.16. The Hall–Kier alpha value is -2.17. The van der Waals surface area contributed by atoms with Gasteiger partial charge in [0.25, 0.3) is 0 Å². The van der Waals surface area contributed by atoms with E-state index in [1.165, 1.54) is 0 Å². The lowest BCUT2D eigenvalue weighted by Crippen LogP contribution is -1.95. The van der Waals surface area contributed by atoms with E-state index in [0.29, 0.717) is 11.5 Å². The predicted molar refractivity (Wildman–Crippen MR) is 51.4 cm³/mol. The second-order valence-electron chi connectivity index (χ2n) is 3.28. The fraction of sp³-hybridized carbons (Fsp3) is 0.100. The number of ether oxygens (including phenoxy) is 2. The van der Waals surface area contributed by atoms with Gasteiger partial charge in [-0.15, -0.1) is 0 Å². The van der Waals surface area contributed by atoms with Gasteiger partial charge in [0.2, 0.25) is 6.79 Å². The van der Waals surface area contributed by atoms with Crippen molar-refractivity contribution in [3.63, 3.8) is 0 Å². The molecule has 1 aromatic carbocycles. The third-order valence-corrected chi connectivity index (χ3v) is 2.34. The average molecular weight is 205 g/mol. The van der Waals surface area contributed by atoms with Crippen LogP contribution in [-0.2, 0) is 0 Å². The second-order valence-corrected chi connectivity index (χ2v) is 3.28. The Morgan fingerprint density at radius 2 is 2.00 bits per heavy atom. The minimum absolute atomic E-state index is 0.161. The maximum atomic E-state index is 10.7. The summed E-state index contributed by atoms with van der Waals surface area (Å²) in [5.74, 6) is 0.313. The SMILES string of the molecule is O=C(O)c1cc2cc3c(cc2[nH]1)OCO3. The highest BCUT2D eigenvalue weighted by molar-refractivity contribution is 5.94. The Bertz CT molecular complexity index is 517. The molecule has 5 nitrogen and oxygen atoms in total. The van der Waals surface area contributed by atoms with Gasteiger partial charge in [0.15, 0.2) is 11.5 Å². The summed E-state index contributed by atoms with van der Waals surface area (Å²) in [6, 6.07) is 5.07. The molecule has 1 aliphatic rings. The van der Waals surface area contributed by atoms with Crippen LogP contribution < -0.4 is 9.47 Å². The highest BCUT2D eigenvalue weighted by Gasteiger charge is 2.16. The van der Waals surface area contributed by atoms with E-state index in [9.17, 15) is 4.79 Å². The molecular weight excluding hydrogens is 198 g/mol. The lowest BCUT2D eigenvalue weighted by atomic mass is 10.2. The Morgan fingerprint density at radius 1 is 1.27 bits per heavy atom. The van der Waals surface area contributed by atoms with Gasteiger partial charge in [-0.25, -0.2) is 4.79 Å². The minimum atomic E-state index is -0.979. The van der Waals surface area contributed by atoms with Crippen molar-refractivity contribution in [3.05, 3.63) is 23.9 Å². The smallest absolute Gasteiger partial charge is 0.352 e. The molecule has 0 radical (unpaired) electrons. The molecule has 1 aliphatic heterocycles. The zero-order valence-corrected chi connectivity index (χ0v) is 7.61. The van der Waals surface area contributed by atoms with Gasteiger partial charge in [0.1, 0.15) is 5.69 Å². The standard InChI is InChI=1S/C10H7NO4/c12-10(13)7-1-5-2-8-9(15-4-14-8)3-6(5)11-7/h1-3,11H,4H2,(H,12,13). The van der Waals surface area contributed by atoms with Crippen molar-refractivity contribution < 1.29 is 19.4 Å². The number of carboxylic acid groups (broad SMARTS) is 1. The van der Waals surface area contributed by atoms with Crippen LogP contribution in [0.1, 0.15) is 10.5 Å². The fourth-order valence-electron chi connectivity index (χ4n) is 1.64. The summed E-state index contributed by atoms with van der Waals surface area (Å²) in [6.45, 7) is 0.216. The van der Waals surface area contributed by atoms with Crippen molar-refractivity contribution in [1.29, 1.82) is 0 Å². The van der Waals surface area contributed by atoms with E-state index in [1.54, 1.807) is 18.2 Å². The summed E-state index contributed by atoms with van der Waals surface area (Å²) in [5.41, 5.74) is 0.894. The molecule has 0 spiro atoms. The number of hydrogen-bond acceptors (Lipinski definition) is 3. The number of aromatic carboxylic acids is 1. The van der Waals surface area contributed by atoms with Gasteiger partial charge in [0.05, 0.1) is 5.52 Å². The Labute approximate surface area is 84.2 Å². The van der Waals surface area contributed by atoms with Gasteiger partial charge < -0.3 is 19.6 Å². The highest BCUT2D eigenvalue weighted by Crippen LogP contribution is 2.35. The summed E-state index contributed by atoms with van der Waals surface area (Å²) < 4.78 is 10.4. The van der Waals surface area contributed by atoms with Crippen molar-refractivity contribution in [2.24, 2.45) is 0 Å². The second kappa shape index (κ2) is 2.66. The first-order valence-corrected chi connectivity index (χ1v) is 4.40. The number of hydrogen-bond donors (Lipinski definition) is 2. The fourth-order valence-corrected chi connectivity index (χ4v) is 1.64. The van der Waals surface area contributed by atoms with Crippen molar-refractivity contribution in [2.45, 2.75) is 0 Å². The molecule has 0 aliphatic carbocycles. The van der Waals surface area contributed by atoms with Crippen LogP contribution in [-0.4, -0.2) is 22.9 Å². The number of carbonyl (C=O) groups is 1. The van der Waals surface area contributed by atoms with E-state index in [1.807, 2.05) is 0 Å². The lowest BCUT2D eigenvalue weighted by molar-refractivity contribution is 0.0691. The summed E-state index contributed by atoms with van der Waals surface area (Å²) in [5, 5.41) is 9.60. The van der Waals surface area contributed by atoms with Crippen LogP contribution in [0.15, 0.2) is 18.2 Å². The Kier molecular flexibility index (Phi) is 1.45. The topological polar surface area (TPSA) is 71.5 Å². The number of aromatic amines is 1. The van der Waals surface area contributed by atoms with Gasteiger partial charge in [0, 0.05) is 11.5 Å². The summed E-state index contributed by atoms with van der Waals surface area (Å²) >= 11 is 0. The van der Waals surface area contributed by atoms with Crippen molar-refractivity contribution in [2.75, 3.05) is 6.79 Å². The van der Waals surface area contributed by atoms with Crippen molar-refractivity contribution in [3.8, 4) is 11.5 Å². The highest BCUT2D eigenvalue weighted by atomic mass is 16.7. The van der Waals surface area contributed by atoms with Crippen LogP contribution in [0.2, 0.25) is 0 Å². The molecule has 76 valence electrons. The van der Waals surface area contributed by atoms with Gasteiger partial charge in [-0.2, -0.15) is 0 Å². The molecule has 0 fully saturated rings. The molecule has 0 saturated carbocycles. The van der Waals surface area contributed by atoms with Crippen LogP contribution in [0.4, 0.5) is 0 Å². The molecule has 15 heavy (non-hydrogen) atoms. The molecule has 5 heteroatoms. The number of carboxylic acids is 1. The third kappa shape index (κ3) is 1.13. The largest absolute Gasteiger partial charge is 0.477 e. The molecule has 0 unspecified atom stereocenters. The zero-order chi connectivity index (χ0) is 10.4. The predicted octanol–water partition coefficient (Wildman–Crippen LogP) is 1.59. The first-order chi connectivity index (χ1) is 7.24. The van der Waals surface area contributed by atoms with Crippen LogP contribution in [0.3, 0.4) is 0 Å². The van der Waals surface area contributed by atoms with Crippen LogP contribution in [0.5, 0.6) is 11.5 Å².